The van der Waals surface area contributed by atoms with Crippen molar-refractivity contribution >= 4 is 5.97 Å². The lowest BCUT2D eigenvalue weighted by Gasteiger charge is -2.27. The van der Waals surface area contributed by atoms with Crippen LogP contribution in [-0.2, 0) is 14.3 Å². The second-order valence-electron chi connectivity index (χ2n) is 3.60. The Balaban J connectivity index is 2.14. The molecule has 0 radical (unpaired) electrons. The van der Waals surface area contributed by atoms with Crippen molar-refractivity contribution in [2.75, 3.05) is 39.5 Å². The summed E-state index contributed by atoms with van der Waals surface area (Å²) in [7, 11) is 0. The Kier molecular flexibility index (Phi) is 5.60. The fourth-order valence-electron chi connectivity index (χ4n) is 1.51. The third kappa shape index (κ3) is 4.59. The van der Waals surface area contributed by atoms with E-state index in [1.165, 1.54) is 0 Å². The van der Waals surface area contributed by atoms with Crippen molar-refractivity contribution in [3.05, 3.63) is 0 Å². The highest BCUT2D eigenvalue weighted by atomic mass is 16.5. The number of ether oxygens (including phenoxy) is 2. The van der Waals surface area contributed by atoms with Gasteiger partial charge in [0.05, 0.1) is 19.8 Å². The molecule has 1 rings (SSSR count). The van der Waals surface area contributed by atoms with Gasteiger partial charge in [-0.25, -0.2) is 0 Å². The first-order chi connectivity index (χ1) is 7.24. The quantitative estimate of drug-likeness (QED) is 0.633. The molecule has 1 aliphatic heterocycles. The molecule has 1 fully saturated rings. The molecule has 1 saturated heterocycles. The van der Waals surface area contributed by atoms with Gasteiger partial charge in [-0.05, 0) is 13.3 Å². The number of carbonyl (C=O) groups excluding carboxylic acids is 1. The van der Waals surface area contributed by atoms with Crippen molar-refractivity contribution in [3.8, 4) is 0 Å². The van der Waals surface area contributed by atoms with E-state index >= 15 is 0 Å². The van der Waals surface area contributed by atoms with Crippen molar-refractivity contribution in [2.24, 2.45) is 5.73 Å². The van der Waals surface area contributed by atoms with Crippen LogP contribution in [0.4, 0.5) is 0 Å². The fraction of sp³-hybridized carbons (Fsp3) is 0.900. The van der Waals surface area contributed by atoms with Gasteiger partial charge in [-0.3, -0.25) is 9.69 Å². The minimum atomic E-state index is -0.493. The number of carbonyl (C=O) groups is 1. The lowest BCUT2D eigenvalue weighted by Crippen LogP contribution is -2.41. The molecule has 1 atom stereocenters. The predicted octanol–water partition coefficient (Wildman–Crippen LogP) is -0.401. The van der Waals surface area contributed by atoms with E-state index in [0.717, 1.165) is 32.8 Å². The molecule has 1 unspecified atom stereocenters. The van der Waals surface area contributed by atoms with Crippen molar-refractivity contribution in [1.82, 2.24) is 4.90 Å². The van der Waals surface area contributed by atoms with E-state index in [2.05, 4.69) is 4.90 Å². The molecular formula is C10H20N2O3. The van der Waals surface area contributed by atoms with Gasteiger partial charge in [0.15, 0.2) is 0 Å². The average Bonchev–Trinajstić information content (AvgIpc) is 2.27. The highest BCUT2D eigenvalue weighted by Gasteiger charge is 2.17. The van der Waals surface area contributed by atoms with Gasteiger partial charge in [0, 0.05) is 19.6 Å². The van der Waals surface area contributed by atoms with Gasteiger partial charge in [0.1, 0.15) is 6.04 Å². The number of esters is 1. The monoisotopic (exact) mass is 216 g/mol. The summed E-state index contributed by atoms with van der Waals surface area (Å²) >= 11 is 0. The number of morpholine rings is 1. The molecule has 1 aliphatic rings. The lowest BCUT2D eigenvalue weighted by atomic mass is 10.2. The molecule has 5 nitrogen and oxygen atoms in total. The summed E-state index contributed by atoms with van der Waals surface area (Å²) in [6, 6.07) is -0.493. The molecule has 0 bridgehead atoms. The highest BCUT2D eigenvalue weighted by Crippen LogP contribution is 2.00. The van der Waals surface area contributed by atoms with Crippen LogP contribution in [0.25, 0.3) is 0 Å². The lowest BCUT2D eigenvalue weighted by molar-refractivity contribution is -0.144. The average molecular weight is 216 g/mol. The van der Waals surface area contributed by atoms with Gasteiger partial charge in [0.25, 0.3) is 0 Å². The summed E-state index contributed by atoms with van der Waals surface area (Å²) in [5.74, 6) is -0.300. The first kappa shape index (κ1) is 12.4. The Morgan fingerprint density at radius 1 is 1.53 bits per heavy atom. The van der Waals surface area contributed by atoms with E-state index in [9.17, 15) is 4.79 Å². The van der Waals surface area contributed by atoms with Gasteiger partial charge in [0.2, 0.25) is 0 Å². The van der Waals surface area contributed by atoms with Crippen LogP contribution >= 0.6 is 0 Å². The maximum Gasteiger partial charge on any atom is 0.322 e. The first-order valence-electron chi connectivity index (χ1n) is 5.46. The molecule has 0 aromatic carbocycles. The molecule has 1 heterocycles. The standard InChI is InChI=1S/C10H20N2O3/c1-2-15-10(13)9(11)3-4-12-5-7-14-8-6-12/h9H,2-8,11H2,1H3. The summed E-state index contributed by atoms with van der Waals surface area (Å²) in [5.41, 5.74) is 5.69. The third-order valence-electron chi connectivity index (χ3n) is 2.45. The molecule has 0 aliphatic carbocycles. The zero-order valence-corrected chi connectivity index (χ0v) is 9.28. The molecule has 2 N–H and O–H groups in total. The second-order valence-corrected chi connectivity index (χ2v) is 3.60. The number of nitrogens with zero attached hydrogens (tertiary/aromatic N) is 1. The minimum absolute atomic E-state index is 0.300. The van der Waals surface area contributed by atoms with Crippen molar-refractivity contribution in [1.29, 1.82) is 0 Å². The number of hydrogen-bond donors (Lipinski definition) is 1. The summed E-state index contributed by atoms with van der Waals surface area (Å²) in [6.07, 6.45) is 0.652. The minimum Gasteiger partial charge on any atom is -0.465 e. The van der Waals surface area contributed by atoms with Crippen LogP contribution < -0.4 is 5.73 Å². The van der Waals surface area contributed by atoms with E-state index in [1.54, 1.807) is 6.92 Å². The summed E-state index contributed by atoms with van der Waals surface area (Å²) in [6.45, 7) is 6.41. The zero-order valence-electron chi connectivity index (χ0n) is 9.28. The van der Waals surface area contributed by atoms with E-state index in [0.29, 0.717) is 13.0 Å². The number of hydrogen-bond acceptors (Lipinski definition) is 5. The topological polar surface area (TPSA) is 64.8 Å². The van der Waals surface area contributed by atoms with Crippen LogP contribution in [0.1, 0.15) is 13.3 Å². The molecule has 0 amide bonds. The van der Waals surface area contributed by atoms with Gasteiger partial charge in [-0.1, -0.05) is 0 Å². The Bertz CT molecular complexity index is 193. The van der Waals surface area contributed by atoms with Crippen LogP contribution in [-0.4, -0.2) is 56.4 Å². The second kappa shape index (κ2) is 6.76. The Labute approximate surface area is 90.5 Å². The predicted molar refractivity (Wildman–Crippen MR) is 56.5 cm³/mol. The summed E-state index contributed by atoms with van der Waals surface area (Å²) in [4.78, 5) is 13.5. The number of rotatable bonds is 5. The van der Waals surface area contributed by atoms with E-state index in [1.807, 2.05) is 0 Å². The maximum atomic E-state index is 11.2. The summed E-state index contributed by atoms with van der Waals surface area (Å²) in [5, 5.41) is 0. The molecule has 0 aromatic heterocycles. The largest absolute Gasteiger partial charge is 0.465 e. The van der Waals surface area contributed by atoms with Gasteiger partial charge >= 0.3 is 5.97 Å². The maximum absolute atomic E-state index is 11.2. The normalized spacial score (nSPS) is 19.9. The molecular weight excluding hydrogens is 196 g/mol. The fourth-order valence-corrected chi connectivity index (χ4v) is 1.51. The van der Waals surface area contributed by atoms with Crippen molar-refractivity contribution in [3.63, 3.8) is 0 Å². The van der Waals surface area contributed by atoms with Gasteiger partial charge in [-0.2, -0.15) is 0 Å². The van der Waals surface area contributed by atoms with Crippen LogP contribution in [0.2, 0.25) is 0 Å². The molecule has 0 aromatic rings. The zero-order chi connectivity index (χ0) is 11.1. The Morgan fingerprint density at radius 3 is 2.80 bits per heavy atom. The number of nitrogens with two attached hydrogens (primary N) is 1. The SMILES string of the molecule is CCOC(=O)C(N)CCN1CCOCC1. The first-order valence-corrected chi connectivity index (χ1v) is 5.46. The van der Waals surface area contributed by atoms with Crippen LogP contribution in [0.15, 0.2) is 0 Å². The van der Waals surface area contributed by atoms with Gasteiger partial charge < -0.3 is 15.2 Å². The third-order valence-corrected chi connectivity index (χ3v) is 2.45. The van der Waals surface area contributed by atoms with E-state index in [4.69, 9.17) is 15.2 Å². The van der Waals surface area contributed by atoms with Crippen LogP contribution in [0.3, 0.4) is 0 Å². The van der Waals surface area contributed by atoms with E-state index in [-0.39, 0.29) is 5.97 Å². The van der Waals surface area contributed by atoms with Crippen LogP contribution in [0, 0.1) is 0 Å². The van der Waals surface area contributed by atoms with Crippen molar-refractivity contribution < 1.29 is 14.3 Å². The molecule has 5 heteroatoms. The molecule has 0 spiro atoms. The van der Waals surface area contributed by atoms with E-state index < -0.39 is 6.04 Å². The molecule has 15 heavy (non-hydrogen) atoms. The van der Waals surface area contributed by atoms with Crippen molar-refractivity contribution in [2.45, 2.75) is 19.4 Å². The van der Waals surface area contributed by atoms with Gasteiger partial charge in [-0.15, -0.1) is 0 Å². The Hall–Kier alpha value is -0.650. The highest BCUT2D eigenvalue weighted by molar-refractivity contribution is 5.75. The Morgan fingerprint density at radius 2 is 2.20 bits per heavy atom. The van der Waals surface area contributed by atoms with Crippen LogP contribution in [0.5, 0.6) is 0 Å². The molecule has 88 valence electrons. The summed E-state index contributed by atoms with van der Waals surface area (Å²) < 4.78 is 10.1. The molecule has 0 saturated carbocycles. The smallest absolute Gasteiger partial charge is 0.322 e.